The van der Waals surface area contributed by atoms with Crippen LogP contribution in [0.15, 0.2) is 24.5 Å². The minimum absolute atomic E-state index is 0.0368. The second-order valence-electron chi connectivity index (χ2n) is 6.74. The first-order valence-electron chi connectivity index (χ1n) is 7.39. The molecule has 3 heteroatoms. The Kier molecular flexibility index (Phi) is 2.63. The predicted octanol–water partition coefficient (Wildman–Crippen LogP) is 2.96. The van der Waals surface area contributed by atoms with Crippen molar-refractivity contribution in [1.29, 1.82) is 0 Å². The summed E-state index contributed by atoms with van der Waals surface area (Å²) in [5.74, 6) is 1.18. The predicted molar refractivity (Wildman–Crippen MR) is 80.1 cm³/mol. The Morgan fingerprint density at radius 2 is 1.95 bits per heavy atom. The molecule has 1 aliphatic heterocycles. The summed E-state index contributed by atoms with van der Waals surface area (Å²) in [7, 11) is 2.07. The normalized spacial score (nSPS) is 23.3. The van der Waals surface area contributed by atoms with Gasteiger partial charge in [-0.15, -0.1) is 4.68 Å². The van der Waals surface area contributed by atoms with Crippen LogP contribution >= 0.6 is 0 Å². The second kappa shape index (κ2) is 3.94. The lowest BCUT2D eigenvalue weighted by Gasteiger charge is -2.45. The average Bonchev–Trinajstić information content (AvgIpc) is 2.79. The molecule has 0 bridgehead atoms. The van der Waals surface area contributed by atoms with Gasteiger partial charge >= 0.3 is 6.33 Å². The standard InChI is InChI=1S/C17H24N3/c1-7-17(5)15-18-11-19(6)20(15)14-12(2)9-8-10-13(14)16(17,3)4/h8-11H,7H2,1-6H3/q+1. The molecule has 106 valence electrons. The molecule has 0 saturated heterocycles. The molecule has 1 unspecified atom stereocenters. The minimum Gasteiger partial charge on any atom is -0.154 e. The lowest BCUT2D eigenvalue weighted by molar-refractivity contribution is -0.746. The molecule has 0 amide bonds. The van der Waals surface area contributed by atoms with E-state index in [1.807, 2.05) is 6.33 Å². The van der Waals surface area contributed by atoms with E-state index >= 15 is 0 Å². The molecule has 2 aromatic rings. The van der Waals surface area contributed by atoms with Crippen molar-refractivity contribution in [1.82, 2.24) is 9.67 Å². The van der Waals surface area contributed by atoms with Crippen molar-refractivity contribution in [2.45, 2.75) is 51.9 Å². The van der Waals surface area contributed by atoms with E-state index in [2.05, 4.69) is 69.2 Å². The van der Waals surface area contributed by atoms with Crippen LogP contribution in [0.4, 0.5) is 0 Å². The third-order valence-electron chi connectivity index (χ3n) is 5.57. The Labute approximate surface area is 121 Å². The quantitative estimate of drug-likeness (QED) is 0.730. The third kappa shape index (κ3) is 1.36. The van der Waals surface area contributed by atoms with Gasteiger partial charge in [0.1, 0.15) is 7.05 Å². The smallest absolute Gasteiger partial charge is 0.154 e. The van der Waals surface area contributed by atoms with Crippen LogP contribution in [0.3, 0.4) is 0 Å². The van der Waals surface area contributed by atoms with Crippen molar-refractivity contribution in [3.63, 3.8) is 0 Å². The van der Waals surface area contributed by atoms with Gasteiger partial charge in [0.05, 0.1) is 11.1 Å². The minimum atomic E-state index is 0.0368. The molecule has 1 aliphatic rings. The van der Waals surface area contributed by atoms with Gasteiger partial charge in [-0.05, 0) is 36.4 Å². The summed E-state index contributed by atoms with van der Waals surface area (Å²) in [6, 6.07) is 6.64. The number of aromatic nitrogens is 3. The highest BCUT2D eigenvalue weighted by Gasteiger charge is 2.53. The number of benzene rings is 1. The van der Waals surface area contributed by atoms with Gasteiger partial charge in [-0.2, -0.15) is 4.68 Å². The Balaban J connectivity index is 2.48. The number of hydrogen-bond donors (Lipinski definition) is 0. The van der Waals surface area contributed by atoms with Crippen LogP contribution in [-0.4, -0.2) is 9.67 Å². The fourth-order valence-electron chi connectivity index (χ4n) is 3.66. The van der Waals surface area contributed by atoms with Crippen LogP contribution in [0.25, 0.3) is 5.69 Å². The van der Waals surface area contributed by atoms with Gasteiger partial charge in [0, 0.05) is 5.41 Å². The van der Waals surface area contributed by atoms with Gasteiger partial charge in [-0.1, -0.05) is 39.0 Å². The van der Waals surface area contributed by atoms with Crippen molar-refractivity contribution in [3.8, 4) is 5.69 Å². The summed E-state index contributed by atoms with van der Waals surface area (Å²) in [6.45, 7) is 11.5. The fourth-order valence-corrected chi connectivity index (χ4v) is 3.66. The van der Waals surface area contributed by atoms with Gasteiger partial charge in [0.25, 0.3) is 5.82 Å². The summed E-state index contributed by atoms with van der Waals surface area (Å²) in [6.07, 6.45) is 3.01. The molecule has 3 nitrogen and oxygen atoms in total. The molecular weight excluding hydrogens is 246 g/mol. The van der Waals surface area contributed by atoms with Crippen LogP contribution in [-0.2, 0) is 17.9 Å². The van der Waals surface area contributed by atoms with E-state index in [0.717, 1.165) is 6.42 Å². The fraction of sp³-hybridized carbons (Fsp3) is 0.529. The van der Waals surface area contributed by atoms with Crippen molar-refractivity contribution in [3.05, 3.63) is 41.5 Å². The van der Waals surface area contributed by atoms with Crippen molar-refractivity contribution in [2.24, 2.45) is 7.05 Å². The number of fused-ring (bicyclic) bond motifs is 3. The van der Waals surface area contributed by atoms with Gasteiger partial charge in [-0.25, -0.2) is 0 Å². The highest BCUT2D eigenvalue weighted by molar-refractivity contribution is 5.55. The molecule has 1 atom stereocenters. The number of aryl methyl sites for hydroxylation is 2. The third-order valence-corrected chi connectivity index (χ3v) is 5.57. The Hall–Kier alpha value is -1.64. The largest absolute Gasteiger partial charge is 0.307 e. The molecule has 3 rings (SSSR count). The van der Waals surface area contributed by atoms with Gasteiger partial charge < -0.3 is 0 Å². The summed E-state index contributed by atoms with van der Waals surface area (Å²) in [4.78, 5) is 4.74. The molecule has 0 N–H and O–H groups in total. The van der Waals surface area contributed by atoms with E-state index in [9.17, 15) is 0 Å². The summed E-state index contributed by atoms with van der Waals surface area (Å²) < 4.78 is 4.39. The molecule has 2 heterocycles. The SMILES string of the molecule is CCC1(C)c2nc[n+](C)n2-c2c(C)cccc2C1(C)C. The number of hydrogen-bond acceptors (Lipinski definition) is 1. The Morgan fingerprint density at radius 3 is 2.60 bits per heavy atom. The first kappa shape index (κ1) is 13.3. The van der Waals surface area contributed by atoms with Crippen molar-refractivity contribution < 1.29 is 4.68 Å². The van der Waals surface area contributed by atoms with Crippen LogP contribution in [0.1, 0.15) is 51.1 Å². The zero-order valence-corrected chi connectivity index (χ0v) is 13.4. The van der Waals surface area contributed by atoms with E-state index in [-0.39, 0.29) is 10.8 Å². The summed E-state index contributed by atoms with van der Waals surface area (Å²) in [5, 5.41) is 0. The number of nitrogens with zero attached hydrogens (tertiary/aromatic N) is 3. The van der Waals surface area contributed by atoms with Gasteiger partial charge in [-0.3, -0.25) is 0 Å². The lowest BCUT2D eigenvalue weighted by Crippen LogP contribution is -2.52. The molecule has 0 spiro atoms. The first-order chi connectivity index (χ1) is 9.34. The van der Waals surface area contributed by atoms with E-state index in [1.165, 1.54) is 22.6 Å². The summed E-state index contributed by atoms with van der Waals surface area (Å²) in [5.41, 5.74) is 4.14. The van der Waals surface area contributed by atoms with E-state index < -0.39 is 0 Å². The topological polar surface area (TPSA) is 21.7 Å². The zero-order chi connectivity index (χ0) is 14.7. The van der Waals surface area contributed by atoms with Crippen LogP contribution in [0, 0.1) is 6.92 Å². The molecule has 1 aromatic carbocycles. The maximum atomic E-state index is 4.74. The molecular formula is C17H24N3+. The highest BCUT2D eigenvalue weighted by Crippen LogP contribution is 2.51. The lowest BCUT2D eigenvalue weighted by atomic mass is 9.59. The first-order valence-corrected chi connectivity index (χ1v) is 7.39. The Bertz CT molecular complexity index is 682. The molecule has 1 aromatic heterocycles. The maximum Gasteiger partial charge on any atom is 0.307 e. The van der Waals surface area contributed by atoms with Crippen LogP contribution in [0.5, 0.6) is 0 Å². The maximum absolute atomic E-state index is 4.74. The van der Waals surface area contributed by atoms with Crippen LogP contribution < -0.4 is 4.68 Å². The average molecular weight is 270 g/mol. The number of para-hydroxylation sites is 1. The second-order valence-corrected chi connectivity index (χ2v) is 6.74. The van der Waals surface area contributed by atoms with Gasteiger partial charge in [0.15, 0.2) is 0 Å². The van der Waals surface area contributed by atoms with Crippen molar-refractivity contribution in [2.75, 3.05) is 0 Å². The summed E-state index contributed by atoms with van der Waals surface area (Å²) >= 11 is 0. The highest BCUT2D eigenvalue weighted by atomic mass is 15.4. The molecule has 0 aliphatic carbocycles. The zero-order valence-electron chi connectivity index (χ0n) is 13.4. The van der Waals surface area contributed by atoms with Crippen molar-refractivity contribution >= 4 is 0 Å². The molecule has 0 saturated carbocycles. The monoisotopic (exact) mass is 270 g/mol. The molecule has 20 heavy (non-hydrogen) atoms. The van der Waals surface area contributed by atoms with E-state index in [1.54, 1.807) is 0 Å². The molecule has 0 radical (unpaired) electrons. The van der Waals surface area contributed by atoms with E-state index in [0.29, 0.717) is 0 Å². The molecule has 0 fully saturated rings. The van der Waals surface area contributed by atoms with Crippen LogP contribution in [0.2, 0.25) is 0 Å². The number of rotatable bonds is 1. The Morgan fingerprint density at radius 1 is 1.25 bits per heavy atom. The van der Waals surface area contributed by atoms with Gasteiger partial charge in [0.2, 0.25) is 0 Å². The van der Waals surface area contributed by atoms with E-state index in [4.69, 9.17) is 4.98 Å².